The van der Waals surface area contributed by atoms with E-state index in [1.165, 1.54) is 0 Å². The smallest absolute Gasteiger partial charge is 0.257 e. The van der Waals surface area contributed by atoms with Crippen molar-refractivity contribution in [2.24, 2.45) is 0 Å². The summed E-state index contributed by atoms with van der Waals surface area (Å²) in [4.78, 5) is 14.8. The topological polar surface area (TPSA) is 32.9 Å². The predicted octanol–water partition coefficient (Wildman–Crippen LogP) is 3.01. The van der Waals surface area contributed by atoms with Crippen molar-refractivity contribution in [2.75, 3.05) is 0 Å². The Morgan fingerprint density at radius 1 is 1.44 bits per heavy atom. The summed E-state index contributed by atoms with van der Waals surface area (Å²) in [7, 11) is 0. The summed E-state index contributed by atoms with van der Waals surface area (Å²) < 4.78 is 1.06. The van der Waals surface area contributed by atoms with E-state index < -0.39 is 0 Å². The van der Waals surface area contributed by atoms with Crippen molar-refractivity contribution in [3.63, 3.8) is 0 Å². The zero-order valence-electron chi connectivity index (χ0n) is 8.70. The van der Waals surface area contributed by atoms with Crippen molar-refractivity contribution < 1.29 is 0 Å². The fourth-order valence-corrected chi connectivity index (χ4v) is 2.83. The Hall–Kier alpha value is -1.83. The molecule has 0 amide bonds. The van der Waals surface area contributed by atoms with Gasteiger partial charge in [0.1, 0.15) is 0 Å². The molecule has 2 aromatic rings. The number of rotatable bonds is 1. The second-order valence-corrected chi connectivity index (χ2v) is 4.62. The van der Waals surface area contributed by atoms with Crippen LogP contribution in [0.15, 0.2) is 40.2 Å². The number of hydrogen-bond acceptors (Lipinski definition) is 2. The number of H-pyrrole nitrogens is 1. The second-order valence-electron chi connectivity index (χ2n) is 3.70. The molecule has 0 aromatic carbocycles. The molecule has 2 nitrogen and oxygen atoms in total. The first-order chi connectivity index (χ1) is 7.77. The molecular weight excluding hydrogens is 218 g/mol. The first-order valence-corrected chi connectivity index (χ1v) is 5.89. The van der Waals surface area contributed by atoms with Gasteiger partial charge >= 0.3 is 0 Å². The SMILES string of the molecule is Cc1c(C2=C=CC=C2)[nH]c(=O)c2ccsc12. The van der Waals surface area contributed by atoms with Crippen molar-refractivity contribution in [3.8, 4) is 0 Å². The van der Waals surface area contributed by atoms with Gasteiger partial charge in [-0.05, 0) is 36.1 Å². The van der Waals surface area contributed by atoms with Crippen LogP contribution in [-0.2, 0) is 0 Å². The maximum absolute atomic E-state index is 11.8. The summed E-state index contributed by atoms with van der Waals surface area (Å²) in [6.07, 6.45) is 5.73. The normalized spacial score (nSPS) is 13.7. The predicted molar refractivity (Wildman–Crippen MR) is 67.8 cm³/mol. The number of fused-ring (bicyclic) bond motifs is 1. The van der Waals surface area contributed by atoms with Crippen LogP contribution in [0.3, 0.4) is 0 Å². The molecule has 78 valence electrons. The quantitative estimate of drug-likeness (QED) is 0.746. The van der Waals surface area contributed by atoms with Crippen LogP contribution in [0.5, 0.6) is 0 Å². The third-order valence-electron chi connectivity index (χ3n) is 2.73. The molecule has 3 rings (SSSR count). The molecule has 3 heteroatoms. The molecule has 0 spiro atoms. The zero-order chi connectivity index (χ0) is 11.1. The van der Waals surface area contributed by atoms with E-state index in [9.17, 15) is 4.79 Å². The van der Waals surface area contributed by atoms with Crippen LogP contribution < -0.4 is 5.56 Å². The van der Waals surface area contributed by atoms with Gasteiger partial charge in [0.05, 0.1) is 11.1 Å². The van der Waals surface area contributed by atoms with E-state index in [4.69, 9.17) is 0 Å². The van der Waals surface area contributed by atoms with Crippen LogP contribution in [0.1, 0.15) is 11.3 Å². The summed E-state index contributed by atoms with van der Waals surface area (Å²) >= 11 is 1.61. The molecule has 0 saturated heterocycles. The first kappa shape index (κ1) is 9.40. The van der Waals surface area contributed by atoms with E-state index in [1.54, 1.807) is 11.3 Å². The van der Waals surface area contributed by atoms with Crippen LogP contribution in [0.4, 0.5) is 0 Å². The Morgan fingerprint density at radius 3 is 3.06 bits per heavy atom. The van der Waals surface area contributed by atoms with E-state index in [0.717, 1.165) is 26.9 Å². The Labute approximate surface area is 96.2 Å². The molecule has 0 atom stereocenters. The van der Waals surface area contributed by atoms with E-state index in [2.05, 4.69) is 10.7 Å². The van der Waals surface area contributed by atoms with Gasteiger partial charge in [-0.1, -0.05) is 6.08 Å². The third-order valence-corrected chi connectivity index (χ3v) is 3.77. The largest absolute Gasteiger partial charge is 0.321 e. The molecule has 16 heavy (non-hydrogen) atoms. The van der Waals surface area contributed by atoms with Gasteiger partial charge in [-0.15, -0.1) is 17.1 Å². The van der Waals surface area contributed by atoms with Gasteiger partial charge in [0, 0.05) is 10.3 Å². The summed E-state index contributed by atoms with van der Waals surface area (Å²) in [6.45, 7) is 2.03. The maximum atomic E-state index is 11.8. The highest BCUT2D eigenvalue weighted by Crippen LogP contribution is 2.27. The number of aromatic nitrogens is 1. The molecule has 0 radical (unpaired) electrons. The lowest BCUT2D eigenvalue weighted by atomic mass is 10.1. The fourth-order valence-electron chi connectivity index (χ4n) is 1.92. The molecule has 1 N–H and O–H groups in total. The standard InChI is InChI=1S/C13H9NOS/c1-8-11(9-4-2-3-5-9)14-13(15)10-6-7-16-12(8)10/h2-4,6-7H,1H3,(H,14,15). The Bertz CT molecular complexity index is 724. The number of hydrogen-bond donors (Lipinski definition) is 1. The highest BCUT2D eigenvalue weighted by atomic mass is 32.1. The Kier molecular flexibility index (Phi) is 1.96. The second kappa shape index (κ2) is 3.34. The van der Waals surface area contributed by atoms with Crippen molar-refractivity contribution in [2.45, 2.75) is 6.92 Å². The molecule has 1 aliphatic rings. The van der Waals surface area contributed by atoms with E-state index in [1.807, 2.05) is 36.6 Å². The van der Waals surface area contributed by atoms with Gasteiger partial charge in [-0.25, -0.2) is 0 Å². The monoisotopic (exact) mass is 227 g/mol. The summed E-state index contributed by atoms with van der Waals surface area (Å²) in [5, 5.41) is 2.73. The number of pyridine rings is 1. The average Bonchev–Trinajstić information content (AvgIpc) is 2.92. The number of allylic oxidation sites excluding steroid dienone is 3. The van der Waals surface area contributed by atoms with Gasteiger partial charge in [0.25, 0.3) is 5.56 Å². The molecule has 0 fully saturated rings. The van der Waals surface area contributed by atoms with Crippen molar-refractivity contribution in [1.29, 1.82) is 0 Å². The fraction of sp³-hybridized carbons (Fsp3) is 0.0769. The minimum Gasteiger partial charge on any atom is -0.321 e. The van der Waals surface area contributed by atoms with Gasteiger partial charge in [-0.3, -0.25) is 4.79 Å². The van der Waals surface area contributed by atoms with E-state index in [-0.39, 0.29) is 5.56 Å². The summed E-state index contributed by atoms with van der Waals surface area (Å²) in [5.41, 5.74) is 6.04. The molecule has 2 aromatic heterocycles. The van der Waals surface area contributed by atoms with Crippen LogP contribution in [0, 0.1) is 6.92 Å². The average molecular weight is 227 g/mol. The highest BCUT2D eigenvalue weighted by Gasteiger charge is 2.11. The first-order valence-electron chi connectivity index (χ1n) is 5.01. The highest BCUT2D eigenvalue weighted by molar-refractivity contribution is 7.17. The molecule has 0 saturated carbocycles. The van der Waals surface area contributed by atoms with Crippen LogP contribution in [-0.4, -0.2) is 4.98 Å². The molecule has 2 heterocycles. The minimum atomic E-state index is -0.0218. The van der Waals surface area contributed by atoms with Gasteiger partial charge in [-0.2, -0.15) is 0 Å². The number of thiophene rings is 1. The van der Waals surface area contributed by atoms with E-state index in [0.29, 0.717) is 0 Å². The summed E-state index contributed by atoms with van der Waals surface area (Å²) in [5.74, 6) is 0. The third kappa shape index (κ3) is 1.23. The Balaban J connectivity index is 2.42. The van der Waals surface area contributed by atoms with Crippen molar-refractivity contribution in [3.05, 3.63) is 57.0 Å². The number of aromatic amines is 1. The number of aryl methyl sites for hydroxylation is 1. The van der Waals surface area contributed by atoms with Gasteiger partial charge in [0.15, 0.2) is 0 Å². The summed E-state index contributed by atoms with van der Waals surface area (Å²) in [6, 6.07) is 1.87. The maximum Gasteiger partial charge on any atom is 0.257 e. The van der Waals surface area contributed by atoms with Crippen LogP contribution >= 0.6 is 11.3 Å². The number of nitrogens with one attached hydrogen (secondary N) is 1. The molecule has 0 aliphatic heterocycles. The Morgan fingerprint density at radius 2 is 2.31 bits per heavy atom. The molecule has 1 aliphatic carbocycles. The minimum absolute atomic E-state index is 0.0218. The lowest BCUT2D eigenvalue weighted by molar-refractivity contribution is 1.21. The van der Waals surface area contributed by atoms with Crippen LogP contribution in [0.2, 0.25) is 0 Å². The van der Waals surface area contributed by atoms with Gasteiger partial charge < -0.3 is 4.98 Å². The van der Waals surface area contributed by atoms with Crippen LogP contribution in [0.25, 0.3) is 15.7 Å². The lowest BCUT2D eigenvalue weighted by Crippen LogP contribution is -2.09. The lowest BCUT2D eigenvalue weighted by Gasteiger charge is -2.04. The molecule has 0 bridgehead atoms. The molecule has 0 unspecified atom stereocenters. The van der Waals surface area contributed by atoms with Crippen molar-refractivity contribution in [1.82, 2.24) is 4.98 Å². The molecular formula is C13H9NOS. The van der Waals surface area contributed by atoms with E-state index >= 15 is 0 Å². The van der Waals surface area contributed by atoms with Gasteiger partial charge in [0.2, 0.25) is 0 Å². The zero-order valence-corrected chi connectivity index (χ0v) is 9.52. The van der Waals surface area contributed by atoms with Crippen molar-refractivity contribution >= 4 is 27.0 Å².